The molecule has 2 aromatic carbocycles. The Morgan fingerprint density at radius 3 is 2.75 bits per heavy atom. The smallest absolute Gasteiger partial charge is 0.191 e. The maximum atomic E-state index is 8.99. The van der Waals surface area contributed by atoms with Crippen LogP contribution in [0.4, 0.5) is 0 Å². The largest absolute Gasteiger partial charge is 0.302 e. The lowest BCUT2D eigenvalue weighted by molar-refractivity contribution is 0.687. The Bertz CT molecular complexity index is 898. The fourth-order valence-electron chi connectivity index (χ4n) is 2.40. The second-order valence-corrected chi connectivity index (χ2v) is 6.54. The van der Waals surface area contributed by atoms with Crippen LogP contribution in [0.15, 0.2) is 53.7 Å². The van der Waals surface area contributed by atoms with Gasteiger partial charge in [0.25, 0.3) is 0 Å². The van der Waals surface area contributed by atoms with Gasteiger partial charge in [-0.1, -0.05) is 47.6 Å². The van der Waals surface area contributed by atoms with Gasteiger partial charge in [0, 0.05) is 22.9 Å². The first-order valence-corrected chi connectivity index (χ1v) is 8.88. The van der Waals surface area contributed by atoms with Crippen LogP contribution in [0.2, 0.25) is 5.02 Å². The summed E-state index contributed by atoms with van der Waals surface area (Å²) < 4.78 is 2.07. The Hall–Kier alpha value is -2.29. The molecule has 0 radical (unpaired) electrons. The first-order valence-electron chi connectivity index (χ1n) is 7.52. The number of benzene rings is 2. The highest BCUT2D eigenvalue weighted by atomic mass is 35.5. The van der Waals surface area contributed by atoms with Crippen LogP contribution >= 0.6 is 23.4 Å². The van der Waals surface area contributed by atoms with Gasteiger partial charge >= 0.3 is 0 Å². The van der Waals surface area contributed by atoms with Crippen LogP contribution in [0.1, 0.15) is 18.1 Å². The van der Waals surface area contributed by atoms with Gasteiger partial charge in [0.15, 0.2) is 11.0 Å². The lowest BCUT2D eigenvalue weighted by Crippen LogP contribution is -2.00. The van der Waals surface area contributed by atoms with Gasteiger partial charge < -0.3 is 4.57 Å². The molecule has 0 aliphatic heterocycles. The SMILES string of the molecule is CCn1c(SCc2cccc(C#N)c2)nnc1-c1cccc(Cl)c1. The molecular weight excluding hydrogens is 340 g/mol. The van der Waals surface area contributed by atoms with Crippen molar-refractivity contribution < 1.29 is 0 Å². The zero-order valence-corrected chi connectivity index (χ0v) is 14.7. The van der Waals surface area contributed by atoms with Crippen molar-refractivity contribution in [3.63, 3.8) is 0 Å². The number of thioether (sulfide) groups is 1. The standard InChI is InChI=1S/C18H15ClN4S/c1-2-23-17(15-7-4-8-16(19)10-15)21-22-18(23)24-12-14-6-3-5-13(9-14)11-20/h3-10H,2,12H2,1H3. The van der Waals surface area contributed by atoms with Crippen LogP contribution in [0.3, 0.4) is 0 Å². The van der Waals surface area contributed by atoms with E-state index in [9.17, 15) is 0 Å². The summed E-state index contributed by atoms with van der Waals surface area (Å²) in [6.07, 6.45) is 0. The van der Waals surface area contributed by atoms with Gasteiger partial charge in [-0.3, -0.25) is 0 Å². The molecule has 4 nitrogen and oxygen atoms in total. The summed E-state index contributed by atoms with van der Waals surface area (Å²) in [5, 5.41) is 19.2. The molecular formula is C18H15ClN4S. The molecule has 24 heavy (non-hydrogen) atoms. The highest BCUT2D eigenvalue weighted by Crippen LogP contribution is 2.27. The molecule has 0 saturated carbocycles. The molecule has 0 bridgehead atoms. The topological polar surface area (TPSA) is 54.5 Å². The van der Waals surface area contributed by atoms with Crippen molar-refractivity contribution in [2.75, 3.05) is 0 Å². The molecule has 0 N–H and O–H groups in total. The maximum Gasteiger partial charge on any atom is 0.191 e. The van der Waals surface area contributed by atoms with E-state index in [-0.39, 0.29) is 0 Å². The van der Waals surface area contributed by atoms with E-state index in [0.29, 0.717) is 10.6 Å². The summed E-state index contributed by atoms with van der Waals surface area (Å²) in [7, 11) is 0. The summed E-state index contributed by atoms with van der Waals surface area (Å²) in [5.74, 6) is 1.55. The van der Waals surface area contributed by atoms with E-state index in [1.54, 1.807) is 17.8 Å². The summed E-state index contributed by atoms with van der Waals surface area (Å²) >= 11 is 7.69. The molecule has 0 aliphatic carbocycles. The lowest BCUT2D eigenvalue weighted by Gasteiger charge is -2.07. The van der Waals surface area contributed by atoms with E-state index in [1.807, 2.05) is 42.5 Å². The number of aromatic nitrogens is 3. The molecule has 120 valence electrons. The van der Waals surface area contributed by atoms with E-state index in [2.05, 4.69) is 27.8 Å². The first kappa shape index (κ1) is 16.6. The Labute approximate surface area is 150 Å². The van der Waals surface area contributed by atoms with Gasteiger partial charge in [-0.15, -0.1) is 10.2 Å². The van der Waals surface area contributed by atoms with E-state index in [0.717, 1.165) is 34.4 Å². The quantitative estimate of drug-likeness (QED) is 0.618. The third kappa shape index (κ3) is 3.61. The zero-order valence-electron chi connectivity index (χ0n) is 13.1. The third-order valence-electron chi connectivity index (χ3n) is 3.54. The minimum absolute atomic E-state index is 0.671. The van der Waals surface area contributed by atoms with E-state index >= 15 is 0 Å². The predicted molar refractivity (Wildman–Crippen MR) is 96.9 cm³/mol. The van der Waals surface area contributed by atoms with E-state index in [1.165, 1.54) is 0 Å². The fraction of sp³-hybridized carbons (Fsp3) is 0.167. The molecule has 6 heteroatoms. The Balaban J connectivity index is 1.83. The molecule has 1 aromatic heterocycles. The van der Waals surface area contributed by atoms with Gasteiger partial charge in [-0.25, -0.2) is 0 Å². The molecule has 0 atom stereocenters. The average Bonchev–Trinajstić information content (AvgIpc) is 3.03. The van der Waals surface area contributed by atoms with Crippen molar-refractivity contribution in [3.05, 3.63) is 64.7 Å². The van der Waals surface area contributed by atoms with Crippen LogP contribution < -0.4 is 0 Å². The summed E-state index contributed by atoms with van der Waals surface area (Å²) in [6.45, 7) is 2.84. The Kier molecular flexibility index (Phi) is 5.19. The zero-order chi connectivity index (χ0) is 16.9. The minimum atomic E-state index is 0.671. The number of halogens is 1. The summed E-state index contributed by atoms with van der Waals surface area (Å²) in [4.78, 5) is 0. The molecule has 3 rings (SSSR count). The lowest BCUT2D eigenvalue weighted by atomic mass is 10.2. The molecule has 0 spiro atoms. The minimum Gasteiger partial charge on any atom is -0.302 e. The maximum absolute atomic E-state index is 8.99. The molecule has 0 saturated heterocycles. The van der Waals surface area contributed by atoms with Gasteiger partial charge in [0.1, 0.15) is 0 Å². The highest BCUT2D eigenvalue weighted by molar-refractivity contribution is 7.98. The Morgan fingerprint density at radius 1 is 1.17 bits per heavy atom. The van der Waals surface area contributed by atoms with Gasteiger partial charge in [0.2, 0.25) is 0 Å². The van der Waals surface area contributed by atoms with Crippen molar-refractivity contribution in [2.24, 2.45) is 0 Å². The number of hydrogen-bond donors (Lipinski definition) is 0. The third-order valence-corrected chi connectivity index (χ3v) is 4.81. The molecule has 0 aliphatic rings. The van der Waals surface area contributed by atoms with Crippen LogP contribution in [-0.4, -0.2) is 14.8 Å². The molecule has 3 aromatic rings. The van der Waals surface area contributed by atoms with Crippen molar-refractivity contribution in [1.29, 1.82) is 5.26 Å². The summed E-state index contributed by atoms with van der Waals surface area (Å²) in [6, 6.07) is 17.4. The predicted octanol–water partition coefficient (Wildman–Crippen LogP) is 4.78. The van der Waals surface area contributed by atoms with Crippen molar-refractivity contribution in [1.82, 2.24) is 14.8 Å². The molecule has 0 unspecified atom stereocenters. The second kappa shape index (κ2) is 7.52. The monoisotopic (exact) mass is 354 g/mol. The first-order chi connectivity index (χ1) is 11.7. The highest BCUT2D eigenvalue weighted by Gasteiger charge is 2.13. The number of nitriles is 1. The second-order valence-electron chi connectivity index (χ2n) is 5.16. The van der Waals surface area contributed by atoms with Crippen LogP contribution in [0, 0.1) is 11.3 Å². The Morgan fingerprint density at radius 2 is 2.00 bits per heavy atom. The molecule has 1 heterocycles. The van der Waals surface area contributed by atoms with Crippen molar-refractivity contribution in [3.8, 4) is 17.5 Å². The van der Waals surface area contributed by atoms with Gasteiger partial charge in [-0.05, 0) is 36.8 Å². The van der Waals surface area contributed by atoms with Crippen LogP contribution in [0.5, 0.6) is 0 Å². The number of nitrogens with zero attached hydrogens (tertiary/aromatic N) is 4. The molecule has 0 amide bonds. The van der Waals surface area contributed by atoms with Gasteiger partial charge in [-0.2, -0.15) is 5.26 Å². The van der Waals surface area contributed by atoms with Crippen molar-refractivity contribution in [2.45, 2.75) is 24.4 Å². The average molecular weight is 355 g/mol. The van der Waals surface area contributed by atoms with Crippen molar-refractivity contribution >= 4 is 23.4 Å². The number of hydrogen-bond acceptors (Lipinski definition) is 4. The van der Waals surface area contributed by atoms with Crippen LogP contribution in [0.25, 0.3) is 11.4 Å². The normalized spacial score (nSPS) is 10.5. The number of rotatable bonds is 5. The fourth-order valence-corrected chi connectivity index (χ4v) is 3.54. The van der Waals surface area contributed by atoms with Gasteiger partial charge in [0.05, 0.1) is 11.6 Å². The molecule has 0 fully saturated rings. The van der Waals surface area contributed by atoms with Crippen LogP contribution in [-0.2, 0) is 12.3 Å². The summed E-state index contributed by atoms with van der Waals surface area (Å²) in [5.41, 5.74) is 2.72. The van der Waals surface area contributed by atoms with E-state index < -0.39 is 0 Å². The van der Waals surface area contributed by atoms with E-state index in [4.69, 9.17) is 16.9 Å².